The van der Waals surface area contributed by atoms with Gasteiger partial charge in [0.2, 0.25) is 0 Å². The van der Waals surface area contributed by atoms with Gasteiger partial charge in [-0.3, -0.25) is 4.79 Å². The molecule has 0 radical (unpaired) electrons. The number of anilines is 1. The summed E-state index contributed by atoms with van der Waals surface area (Å²) in [5.41, 5.74) is 1.98. The molecule has 1 aliphatic heterocycles. The fraction of sp³-hybridized carbons (Fsp3) is 0.500. The van der Waals surface area contributed by atoms with Crippen LogP contribution in [0.5, 0.6) is 0 Å². The summed E-state index contributed by atoms with van der Waals surface area (Å²) in [6, 6.07) is 1.99. The first kappa shape index (κ1) is 15.5. The summed E-state index contributed by atoms with van der Waals surface area (Å²) >= 11 is 0. The fourth-order valence-electron chi connectivity index (χ4n) is 2.85. The summed E-state index contributed by atoms with van der Waals surface area (Å²) < 4.78 is 5.03. The Kier molecular flexibility index (Phi) is 4.27. The van der Waals surface area contributed by atoms with Gasteiger partial charge in [0.15, 0.2) is 0 Å². The molecule has 0 aromatic carbocycles. The highest BCUT2D eigenvalue weighted by molar-refractivity contribution is 5.95. The van der Waals surface area contributed by atoms with Crippen molar-refractivity contribution in [2.24, 2.45) is 0 Å². The Labute approximate surface area is 135 Å². The molecule has 0 saturated carbocycles. The Balaban J connectivity index is 1.71. The highest BCUT2D eigenvalue weighted by atomic mass is 16.5. The number of aryl methyl sites for hydroxylation is 3. The van der Waals surface area contributed by atoms with Gasteiger partial charge in [0.25, 0.3) is 5.91 Å². The summed E-state index contributed by atoms with van der Waals surface area (Å²) in [6.45, 7) is 7.76. The maximum atomic E-state index is 12.3. The van der Waals surface area contributed by atoms with E-state index in [0.717, 1.165) is 24.6 Å². The summed E-state index contributed by atoms with van der Waals surface area (Å²) in [6.07, 6.45) is 2.39. The minimum absolute atomic E-state index is 0.214. The van der Waals surface area contributed by atoms with Crippen LogP contribution < -0.4 is 10.2 Å². The van der Waals surface area contributed by atoms with Crippen LogP contribution in [-0.2, 0) is 6.54 Å². The van der Waals surface area contributed by atoms with Gasteiger partial charge in [-0.25, -0.2) is 9.97 Å². The van der Waals surface area contributed by atoms with Gasteiger partial charge in [0, 0.05) is 24.8 Å². The van der Waals surface area contributed by atoms with Crippen LogP contribution in [0.1, 0.15) is 46.2 Å². The van der Waals surface area contributed by atoms with Crippen LogP contribution in [0.2, 0.25) is 0 Å². The van der Waals surface area contributed by atoms with Crippen molar-refractivity contribution >= 4 is 11.7 Å². The van der Waals surface area contributed by atoms with Gasteiger partial charge < -0.3 is 14.7 Å². The van der Waals surface area contributed by atoms with Crippen molar-refractivity contribution in [3.05, 3.63) is 34.6 Å². The molecular formula is C16H21N5O2. The van der Waals surface area contributed by atoms with E-state index in [9.17, 15) is 4.79 Å². The molecule has 0 bridgehead atoms. The van der Waals surface area contributed by atoms with Crippen LogP contribution >= 0.6 is 0 Å². The summed E-state index contributed by atoms with van der Waals surface area (Å²) in [5, 5.41) is 6.64. The largest absolute Gasteiger partial charge is 0.361 e. The number of nitrogens with zero attached hydrogens (tertiary/aromatic N) is 4. The molecule has 0 aliphatic carbocycles. The van der Waals surface area contributed by atoms with Crippen molar-refractivity contribution in [2.45, 2.75) is 40.2 Å². The predicted octanol–water partition coefficient (Wildman–Crippen LogP) is 1.92. The zero-order chi connectivity index (χ0) is 16.4. The van der Waals surface area contributed by atoms with E-state index in [1.807, 2.05) is 13.0 Å². The number of nitrogens with one attached hydrogen (secondary N) is 1. The summed E-state index contributed by atoms with van der Waals surface area (Å²) in [5.74, 6) is 1.86. The average molecular weight is 315 g/mol. The van der Waals surface area contributed by atoms with E-state index in [2.05, 4.69) is 25.3 Å². The molecule has 1 aliphatic rings. The highest BCUT2D eigenvalue weighted by Crippen LogP contribution is 2.18. The van der Waals surface area contributed by atoms with Crippen LogP contribution in [0, 0.1) is 20.8 Å². The second-order valence-electron chi connectivity index (χ2n) is 5.86. The Morgan fingerprint density at radius 1 is 1.26 bits per heavy atom. The molecule has 2 aromatic heterocycles. The molecule has 1 fully saturated rings. The molecular weight excluding hydrogens is 294 g/mol. The first-order valence-corrected chi connectivity index (χ1v) is 7.85. The van der Waals surface area contributed by atoms with Gasteiger partial charge in [-0.2, -0.15) is 0 Å². The summed E-state index contributed by atoms with van der Waals surface area (Å²) in [7, 11) is 0. The van der Waals surface area contributed by atoms with E-state index < -0.39 is 0 Å². The Bertz CT molecular complexity index is 700. The van der Waals surface area contributed by atoms with Gasteiger partial charge >= 0.3 is 0 Å². The average Bonchev–Trinajstić information content (AvgIpc) is 3.15. The zero-order valence-electron chi connectivity index (χ0n) is 13.7. The number of aromatic nitrogens is 3. The van der Waals surface area contributed by atoms with Crippen molar-refractivity contribution in [1.29, 1.82) is 0 Å². The van der Waals surface area contributed by atoms with E-state index >= 15 is 0 Å². The Morgan fingerprint density at radius 3 is 2.65 bits per heavy atom. The van der Waals surface area contributed by atoms with E-state index in [1.165, 1.54) is 12.8 Å². The lowest BCUT2D eigenvalue weighted by molar-refractivity contribution is 0.0948. The molecule has 0 unspecified atom stereocenters. The molecule has 1 saturated heterocycles. The van der Waals surface area contributed by atoms with Crippen molar-refractivity contribution < 1.29 is 9.32 Å². The minimum Gasteiger partial charge on any atom is -0.361 e. The smallest absolute Gasteiger partial charge is 0.257 e. The maximum absolute atomic E-state index is 12.3. The third kappa shape index (κ3) is 3.33. The number of carbonyl (C=O) groups is 1. The van der Waals surface area contributed by atoms with Crippen LogP contribution in [-0.4, -0.2) is 34.1 Å². The molecule has 0 atom stereocenters. The van der Waals surface area contributed by atoms with Crippen molar-refractivity contribution in [1.82, 2.24) is 20.4 Å². The van der Waals surface area contributed by atoms with Crippen LogP contribution in [0.25, 0.3) is 0 Å². The van der Waals surface area contributed by atoms with Gasteiger partial charge in [0.1, 0.15) is 23.0 Å². The van der Waals surface area contributed by atoms with Crippen molar-refractivity contribution in [3.63, 3.8) is 0 Å². The molecule has 7 nitrogen and oxygen atoms in total. The zero-order valence-corrected chi connectivity index (χ0v) is 13.7. The predicted molar refractivity (Wildman–Crippen MR) is 85.4 cm³/mol. The Hall–Kier alpha value is -2.44. The lowest BCUT2D eigenvalue weighted by Crippen LogP contribution is -2.26. The molecule has 3 rings (SSSR count). The molecule has 23 heavy (non-hydrogen) atoms. The van der Waals surface area contributed by atoms with Crippen LogP contribution in [0.15, 0.2) is 10.6 Å². The second kappa shape index (κ2) is 6.36. The standard InChI is InChI=1S/C16H21N5O2/c1-10-8-14(21-6-4-5-7-21)19-13(18-10)9-17-16(22)15-11(2)20-23-12(15)3/h8H,4-7,9H2,1-3H3,(H,17,22). The number of hydrogen-bond donors (Lipinski definition) is 1. The maximum Gasteiger partial charge on any atom is 0.257 e. The number of rotatable bonds is 4. The van der Waals surface area contributed by atoms with E-state index in [-0.39, 0.29) is 12.5 Å². The molecule has 0 spiro atoms. The van der Waals surface area contributed by atoms with Crippen LogP contribution in [0.4, 0.5) is 5.82 Å². The Morgan fingerprint density at radius 2 is 2.00 bits per heavy atom. The van der Waals surface area contributed by atoms with Crippen LogP contribution in [0.3, 0.4) is 0 Å². The molecule has 7 heteroatoms. The molecule has 122 valence electrons. The molecule has 2 aromatic rings. The molecule has 3 heterocycles. The van der Waals surface area contributed by atoms with Gasteiger partial charge in [0.05, 0.1) is 12.2 Å². The molecule has 1 amide bonds. The van der Waals surface area contributed by atoms with E-state index in [0.29, 0.717) is 22.8 Å². The molecule has 1 N–H and O–H groups in total. The third-order valence-corrected chi connectivity index (χ3v) is 3.98. The van der Waals surface area contributed by atoms with Gasteiger partial charge in [-0.1, -0.05) is 5.16 Å². The third-order valence-electron chi connectivity index (χ3n) is 3.98. The monoisotopic (exact) mass is 315 g/mol. The number of hydrogen-bond acceptors (Lipinski definition) is 6. The second-order valence-corrected chi connectivity index (χ2v) is 5.86. The first-order chi connectivity index (χ1) is 11.0. The van der Waals surface area contributed by atoms with E-state index in [1.54, 1.807) is 13.8 Å². The van der Waals surface area contributed by atoms with Crippen molar-refractivity contribution in [2.75, 3.05) is 18.0 Å². The number of amides is 1. The van der Waals surface area contributed by atoms with Gasteiger partial charge in [-0.05, 0) is 33.6 Å². The SMILES string of the molecule is Cc1cc(N2CCCC2)nc(CNC(=O)c2c(C)noc2C)n1. The fourth-order valence-corrected chi connectivity index (χ4v) is 2.85. The normalized spacial score (nSPS) is 14.3. The number of carbonyl (C=O) groups excluding carboxylic acids is 1. The van der Waals surface area contributed by atoms with Crippen molar-refractivity contribution in [3.8, 4) is 0 Å². The topological polar surface area (TPSA) is 84.2 Å². The van der Waals surface area contributed by atoms with Gasteiger partial charge in [-0.15, -0.1) is 0 Å². The lowest BCUT2D eigenvalue weighted by Gasteiger charge is -2.17. The van der Waals surface area contributed by atoms with E-state index in [4.69, 9.17) is 4.52 Å². The first-order valence-electron chi connectivity index (χ1n) is 7.85. The quantitative estimate of drug-likeness (QED) is 0.928. The summed E-state index contributed by atoms with van der Waals surface area (Å²) in [4.78, 5) is 23.5. The highest BCUT2D eigenvalue weighted by Gasteiger charge is 2.18. The minimum atomic E-state index is -0.214. The lowest BCUT2D eigenvalue weighted by atomic mass is 10.2.